The maximum atomic E-state index is 5.90. The smallest absolute Gasteiger partial charge is 0.228 e. The Morgan fingerprint density at radius 2 is 1.83 bits per heavy atom. The molecule has 0 unspecified atom stereocenters. The summed E-state index contributed by atoms with van der Waals surface area (Å²) in [7, 11) is 0. The van der Waals surface area contributed by atoms with Crippen molar-refractivity contribution < 1.29 is 9.15 Å². The Labute approximate surface area is 106 Å². The Balaban J connectivity index is 1.91. The van der Waals surface area contributed by atoms with Gasteiger partial charge in [0, 0.05) is 18.7 Å². The zero-order chi connectivity index (χ0) is 12.4. The highest BCUT2D eigenvalue weighted by Crippen LogP contribution is 2.28. The van der Waals surface area contributed by atoms with Crippen LogP contribution in [-0.2, 0) is 4.74 Å². The lowest BCUT2D eigenvalue weighted by molar-refractivity contribution is 0.120. The van der Waals surface area contributed by atoms with Crippen LogP contribution in [-0.4, -0.2) is 31.3 Å². The molecule has 0 radical (unpaired) electrons. The van der Waals surface area contributed by atoms with Gasteiger partial charge >= 0.3 is 0 Å². The minimum Gasteiger partial charge on any atom is -0.420 e. The fourth-order valence-corrected chi connectivity index (χ4v) is 2.15. The van der Waals surface area contributed by atoms with Gasteiger partial charge in [-0.05, 0) is 19.1 Å². The quantitative estimate of drug-likeness (QED) is 0.813. The first-order valence-corrected chi connectivity index (χ1v) is 6.20. The summed E-state index contributed by atoms with van der Waals surface area (Å²) in [6, 6.07) is 9.98. The lowest BCUT2D eigenvalue weighted by Gasteiger charge is -2.26. The van der Waals surface area contributed by atoms with Crippen molar-refractivity contribution in [3.8, 4) is 11.5 Å². The molecule has 0 N–H and O–H groups in total. The van der Waals surface area contributed by atoms with Gasteiger partial charge in [-0.3, -0.25) is 0 Å². The summed E-state index contributed by atoms with van der Waals surface area (Å²) in [5.74, 6) is 1.56. The van der Waals surface area contributed by atoms with Crippen molar-refractivity contribution in [3.05, 3.63) is 36.0 Å². The molecule has 0 aliphatic carbocycles. The van der Waals surface area contributed by atoms with Crippen molar-refractivity contribution in [1.82, 2.24) is 4.98 Å². The number of benzene rings is 1. The number of hydrogen-bond acceptors (Lipinski definition) is 4. The van der Waals surface area contributed by atoms with Crippen molar-refractivity contribution in [2.75, 3.05) is 31.2 Å². The van der Waals surface area contributed by atoms with E-state index < -0.39 is 0 Å². The van der Waals surface area contributed by atoms with E-state index in [0.717, 1.165) is 43.4 Å². The van der Waals surface area contributed by atoms with E-state index in [-0.39, 0.29) is 0 Å². The fraction of sp³-hybridized carbons (Fsp3) is 0.357. The second-order valence-corrected chi connectivity index (χ2v) is 4.38. The van der Waals surface area contributed by atoms with Gasteiger partial charge in [0.2, 0.25) is 11.8 Å². The molecule has 1 aromatic carbocycles. The lowest BCUT2D eigenvalue weighted by atomic mass is 10.2. The van der Waals surface area contributed by atoms with Crippen molar-refractivity contribution in [2.45, 2.75) is 6.92 Å². The molecule has 1 aromatic heterocycles. The molecular formula is C14H16N2O2. The fourth-order valence-electron chi connectivity index (χ4n) is 2.15. The number of nitrogens with zero attached hydrogens (tertiary/aromatic N) is 2. The Morgan fingerprint density at radius 1 is 1.11 bits per heavy atom. The summed E-state index contributed by atoms with van der Waals surface area (Å²) in [6.45, 7) is 5.22. The van der Waals surface area contributed by atoms with Gasteiger partial charge < -0.3 is 14.1 Å². The highest BCUT2D eigenvalue weighted by molar-refractivity contribution is 5.56. The molecule has 0 amide bonds. The monoisotopic (exact) mass is 244 g/mol. The van der Waals surface area contributed by atoms with Crippen LogP contribution in [0.25, 0.3) is 11.5 Å². The third-order valence-electron chi connectivity index (χ3n) is 3.09. The van der Waals surface area contributed by atoms with Crippen LogP contribution in [0.5, 0.6) is 0 Å². The van der Waals surface area contributed by atoms with Gasteiger partial charge in [0.15, 0.2) is 0 Å². The van der Waals surface area contributed by atoms with Gasteiger partial charge in [0.05, 0.1) is 13.2 Å². The number of anilines is 1. The van der Waals surface area contributed by atoms with Crippen LogP contribution in [0, 0.1) is 6.92 Å². The highest BCUT2D eigenvalue weighted by atomic mass is 16.5. The second kappa shape index (κ2) is 4.82. The first-order valence-electron chi connectivity index (χ1n) is 6.20. The molecule has 4 nitrogen and oxygen atoms in total. The average molecular weight is 244 g/mol. The van der Waals surface area contributed by atoms with Crippen molar-refractivity contribution in [2.24, 2.45) is 0 Å². The highest BCUT2D eigenvalue weighted by Gasteiger charge is 2.19. The summed E-state index contributed by atoms with van der Waals surface area (Å²) in [5.41, 5.74) is 1.95. The molecule has 1 aliphatic rings. The Morgan fingerprint density at radius 3 is 2.56 bits per heavy atom. The van der Waals surface area contributed by atoms with Gasteiger partial charge in [-0.25, -0.2) is 4.98 Å². The van der Waals surface area contributed by atoms with Crippen LogP contribution in [0.15, 0.2) is 34.7 Å². The van der Waals surface area contributed by atoms with Crippen LogP contribution in [0.3, 0.4) is 0 Å². The zero-order valence-corrected chi connectivity index (χ0v) is 10.4. The SMILES string of the molecule is Cc1nc(-c2ccccc2)oc1N1CCOCC1. The molecule has 94 valence electrons. The molecule has 1 fully saturated rings. The molecule has 2 aromatic rings. The van der Waals surface area contributed by atoms with Crippen LogP contribution in [0.4, 0.5) is 5.88 Å². The third-order valence-corrected chi connectivity index (χ3v) is 3.09. The van der Waals surface area contributed by atoms with Gasteiger partial charge in [0.25, 0.3) is 0 Å². The molecule has 0 spiro atoms. The van der Waals surface area contributed by atoms with E-state index in [4.69, 9.17) is 9.15 Å². The summed E-state index contributed by atoms with van der Waals surface area (Å²) in [4.78, 5) is 6.70. The van der Waals surface area contributed by atoms with E-state index >= 15 is 0 Å². The lowest BCUT2D eigenvalue weighted by Crippen LogP contribution is -2.36. The van der Waals surface area contributed by atoms with Gasteiger partial charge in [0.1, 0.15) is 5.69 Å². The molecule has 18 heavy (non-hydrogen) atoms. The average Bonchev–Trinajstić information content (AvgIpc) is 2.83. The van der Waals surface area contributed by atoms with E-state index in [0.29, 0.717) is 5.89 Å². The molecular weight excluding hydrogens is 228 g/mol. The number of hydrogen-bond donors (Lipinski definition) is 0. The summed E-state index contributed by atoms with van der Waals surface area (Å²) >= 11 is 0. The van der Waals surface area contributed by atoms with E-state index in [2.05, 4.69) is 9.88 Å². The Bertz CT molecular complexity index is 516. The van der Waals surface area contributed by atoms with Crippen molar-refractivity contribution in [3.63, 3.8) is 0 Å². The Hall–Kier alpha value is -1.81. The maximum Gasteiger partial charge on any atom is 0.228 e. The zero-order valence-electron chi connectivity index (χ0n) is 10.4. The maximum absolute atomic E-state index is 5.90. The molecule has 1 aliphatic heterocycles. The summed E-state index contributed by atoms with van der Waals surface area (Å²) in [6.07, 6.45) is 0. The molecule has 0 bridgehead atoms. The molecule has 4 heteroatoms. The number of morpholine rings is 1. The van der Waals surface area contributed by atoms with E-state index in [9.17, 15) is 0 Å². The predicted molar refractivity (Wildman–Crippen MR) is 69.7 cm³/mol. The molecule has 0 atom stereocenters. The minimum atomic E-state index is 0.689. The number of oxazole rings is 1. The van der Waals surface area contributed by atoms with E-state index in [1.807, 2.05) is 37.3 Å². The van der Waals surface area contributed by atoms with Crippen LogP contribution in [0.2, 0.25) is 0 Å². The topological polar surface area (TPSA) is 38.5 Å². The predicted octanol–water partition coefficient (Wildman–Crippen LogP) is 2.49. The second-order valence-electron chi connectivity index (χ2n) is 4.38. The number of rotatable bonds is 2. The van der Waals surface area contributed by atoms with Gasteiger partial charge in [-0.2, -0.15) is 0 Å². The molecule has 0 saturated carbocycles. The molecule has 1 saturated heterocycles. The molecule has 2 heterocycles. The van der Waals surface area contributed by atoms with Gasteiger partial charge in [-0.1, -0.05) is 18.2 Å². The number of ether oxygens (including phenoxy) is 1. The number of aryl methyl sites for hydroxylation is 1. The van der Waals surface area contributed by atoms with E-state index in [1.165, 1.54) is 0 Å². The molecule has 3 rings (SSSR count). The summed E-state index contributed by atoms with van der Waals surface area (Å²) < 4.78 is 11.2. The minimum absolute atomic E-state index is 0.689. The van der Waals surface area contributed by atoms with Gasteiger partial charge in [-0.15, -0.1) is 0 Å². The normalized spacial score (nSPS) is 15.9. The largest absolute Gasteiger partial charge is 0.420 e. The van der Waals surface area contributed by atoms with Crippen LogP contribution in [0.1, 0.15) is 5.69 Å². The standard InChI is InChI=1S/C14H16N2O2/c1-11-14(16-7-9-17-10-8-16)18-13(15-11)12-5-3-2-4-6-12/h2-6H,7-10H2,1H3. The van der Waals surface area contributed by atoms with Crippen molar-refractivity contribution >= 4 is 5.88 Å². The Kier molecular flexibility index (Phi) is 3.02. The summed E-state index contributed by atoms with van der Waals surface area (Å²) in [5, 5.41) is 0. The van der Waals surface area contributed by atoms with E-state index in [1.54, 1.807) is 0 Å². The first-order chi connectivity index (χ1) is 8.84. The van der Waals surface area contributed by atoms with Crippen LogP contribution < -0.4 is 4.90 Å². The third kappa shape index (κ3) is 2.11. The first kappa shape index (κ1) is 11.3. The number of aromatic nitrogens is 1. The van der Waals surface area contributed by atoms with Crippen LogP contribution >= 0.6 is 0 Å². The van der Waals surface area contributed by atoms with Crippen molar-refractivity contribution in [1.29, 1.82) is 0 Å².